The van der Waals surface area contributed by atoms with Gasteiger partial charge >= 0.3 is 0 Å². The van der Waals surface area contributed by atoms with Crippen molar-refractivity contribution in [2.45, 2.75) is 0 Å². The third-order valence-electron chi connectivity index (χ3n) is 4.75. The average Bonchev–Trinajstić information content (AvgIpc) is 3.00. The van der Waals surface area contributed by atoms with E-state index in [1.54, 1.807) is 30.3 Å². The second-order valence-electron chi connectivity index (χ2n) is 7.01. The first-order valence-corrected chi connectivity index (χ1v) is 11.4. The minimum absolute atomic E-state index is 0.104. The molecular formula is C23H12Cl5N3O3. The fourth-order valence-electron chi connectivity index (χ4n) is 3.16. The third kappa shape index (κ3) is 4.87. The number of imide groups is 1. The number of benzene rings is 3. The largest absolute Gasteiger partial charge is 0.350 e. The van der Waals surface area contributed by atoms with Crippen molar-refractivity contribution >= 4 is 92.8 Å². The number of nitrogens with one attached hydrogen (secondary N) is 2. The summed E-state index contributed by atoms with van der Waals surface area (Å²) in [6, 6.07) is 15.3. The lowest BCUT2D eigenvalue weighted by Gasteiger charge is -2.17. The van der Waals surface area contributed by atoms with E-state index in [4.69, 9.17) is 58.0 Å². The number of amides is 3. The van der Waals surface area contributed by atoms with Crippen LogP contribution in [0.4, 0.5) is 17.1 Å². The number of anilines is 3. The molecule has 3 aromatic rings. The van der Waals surface area contributed by atoms with Crippen LogP contribution in [0.5, 0.6) is 0 Å². The standard InChI is InChI=1S/C23H12Cl5N3O3/c24-12-5-7-17(16(27)9-12)30-21(32)11-2-1-3-14(8-11)29-20-19(28)22(33)31(23(20)34)18-10-13(25)4-6-15(18)26/h1-10,29H,(H,30,32). The first kappa shape index (κ1) is 24.4. The fourth-order valence-corrected chi connectivity index (χ4v) is 4.19. The highest BCUT2D eigenvalue weighted by Crippen LogP contribution is 2.36. The van der Waals surface area contributed by atoms with Crippen LogP contribution in [0, 0.1) is 0 Å². The Bertz CT molecular complexity index is 1390. The Balaban J connectivity index is 1.56. The molecule has 1 aliphatic rings. The highest BCUT2D eigenvalue weighted by atomic mass is 35.5. The monoisotopic (exact) mass is 553 g/mol. The van der Waals surface area contributed by atoms with E-state index in [9.17, 15) is 14.4 Å². The Hall–Kier alpha value is -2.74. The van der Waals surface area contributed by atoms with Gasteiger partial charge in [-0.05, 0) is 54.6 Å². The molecule has 3 amide bonds. The van der Waals surface area contributed by atoms with Gasteiger partial charge in [0.15, 0.2) is 0 Å². The third-order valence-corrected chi connectivity index (χ3v) is 6.20. The van der Waals surface area contributed by atoms with Gasteiger partial charge in [0.2, 0.25) is 0 Å². The smallest absolute Gasteiger partial charge is 0.283 e. The Kier molecular flexibility index (Phi) is 7.07. The van der Waals surface area contributed by atoms with Crippen molar-refractivity contribution in [2.24, 2.45) is 0 Å². The summed E-state index contributed by atoms with van der Waals surface area (Å²) >= 11 is 30.3. The SMILES string of the molecule is O=C(Nc1ccc(Cl)cc1Cl)c1cccc(NC2=C(Cl)C(=O)N(c3cc(Cl)ccc3Cl)C2=O)c1. The summed E-state index contributed by atoms with van der Waals surface area (Å²) in [7, 11) is 0. The molecular weight excluding hydrogens is 544 g/mol. The zero-order chi connectivity index (χ0) is 24.6. The number of carbonyl (C=O) groups is 3. The highest BCUT2D eigenvalue weighted by molar-refractivity contribution is 6.54. The second-order valence-corrected chi connectivity index (χ2v) is 9.08. The van der Waals surface area contributed by atoms with E-state index in [0.29, 0.717) is 16.4 Å². The van der Waals surface area contributed by atoms with Gasteiger partial charge in [0, 0.05) is 21.3 Å². The molecule has 3 aromatic carbocycles. The second kappa shape index (κ2) is 9.86. The molecule has 11 heteroatoms. The minimum Gasteiger partial charge on any atom is -0.350 e. The quantitative estimate of drug-likeness (QED) is 0.333. The number of hydrogen-bond acceptors (Lipinski definition) is 4. The molecule has 0 aliphatic carbocycles. The van der Waals surface area contributed by atoms with Crippen molar-refractivity contribution in [3.63, 3.8) is 0 Å². The predicted octanol–water partition coefficient (Wildman–Crippen LogP) is 6.99. The first-order chi connectivity index (χ1) is 16.2. The van der Waals surface area contributed by atoms with Crippen LogP contribution in [0.15, 0.2) is 71.4 Å². The fraction of sp³-hybridized carbons (Fsp3) is 0. The summed E-state index contributed by atoms with van der Waals surface area (Å²) < 4.78 is 0. The van der Waals surface area contributed by atoms with Crippen LogP contribution in [0.25, 0.3) is 0 Å². The number of halogens is 5. The molecule has 2 N–H and O–H groups in total. The topological polar surface area (TPSA) is 78.5 Å². The molecule has 0 saturated heterocycles. The summed E-state index contributed by atoms with van der Waals surface area (Å²) in [6.07, 6.45) is 0. The van der Waals surface area contributed by atoms with E-state index in [1.165, 1.54) is 30.3 Å². The van der Waals surface area contributed by atoms with Gasteiger partial charge in [-0.1, -0.05) is 64.1 Å². The van der Waals surface area contributed by atoms with E-state index in [1.807, 2.05) is 0 Å². The van der Waals surface area contributed by atoms with Gasteiger partial charge in [0.05, 0.1) is 21.4 Å². The first-order valence-electron chi connectivity index (χ1n) is 9.53. The van der Waals surface area contributed by atoms with E-state index >= 15 is 0 Å². The van der Waals surface area contributed by atoms with Crippen LogP contribution in [0.1, 0.15) is 10.4 Å². The maximum Gasteiger partial charge on any atom is 0.283 e. The van der Waals surface area contributed by atoms with E-state index in [0.717, 1.165) is 4.90 Å². The Morgan fingerprint density at radius 2 is 1.47 bits per heavy atom. The molecule has 0 fully saturated rings. The Morgan fingerprint density at radius 1 is 0.765 bits per heavy atom. The summed E-state index contributed by atoms with van der Waals surface area (Å²) in [6.45, 7) is 0. The van der Waals surface area contributed by atoms with Gasteiger partial charge in [-0.2, -0.15) is 0 Å². The zero-order valence-corrected chi connectivity index (χ0v) is 20.6. The lowest BCUT2D eigenvalue weighted by atomic mass is 10.1. The number of carbonyl (C=O) groups excluding carboxylic acids is 3. The zero-order valence-electron chi connectivity index (χ0n) is 16.8. The molecule has 1 heterocycles. The molecule has 0 saturated carbocycles. The highest BCUT2D eigenvalue weighted by Gasteiger charge is 2.40. The van der Waals surface area contributed by atoms with Crippen LogP contribution in [0.2, 0.25) is 20.1 Å². The van der Waals surface area contributed by atoms with Gasteiger partial charge in [-0.3, -0.25) is 14.4 Å². The molecule has 1 aliphatic heterocycles. The van der Waals surface area contributed by atoms with E-state index < -0.39 is 17.7 Å². The Labute approximate surface area is 219 Å². The molecule has 0 bridgehead atoms. The van der Waals surface area contributed by atoms with Crippen molar-refractivity contribution in [3.8, 4) is 0 Å². The molecule has 172 valence electrons. The molecule has 0 radical (unpaired) electrons. The summed E-state index contributed by atoms with van der Waals surface area (Å²) in [5.74, 6) is -1.93. The van der Waals surface area contributed by atoms with Crippen LogP contribution >= 0.6 is 58.0 Å². The van der Waals surface area contributed by atoms with Crippen LogP contribution in [-0.4, -0.2) is 17.7 Å². The molecule has 34 heavy (non-hydrogen) atoms. The summed E-state index contributed by atoms with van der Waals surface area (Å²) in [5, 5.41) is 6.33. The van der Waals surface area contributed by atoms with Crippen LogP contribution in [0.3, 0.4) is 0 Å². The summed E-state index contributed by atoms with van der Waals surface area (Å²) in [4.78, 5) is 39.2. The van der Waals surface area contributed by atoms with Crippen molar-refractivity contribution in [2.75, 3.05) is 15.5 Å². The number of rotatable bonds is 5. The molecule has 0 aromatic heterocycles. The maximum atomic E-state index is 13.0. The van der Waals surface area contributed by atoms with Crippen molar-refractivity contribution in [1.29, 1.82) is 0 Å². The molecule has 0 spiro atoms. The van der Waals surface area contributed by atoms with Gasteiger partial charge in [-0.25, -0.2) is 4.90 Å². The number of hydrogen-bond donors (Lipinski definition) is 2. The van der Waals surface area contributed by atoms with E-state index in [-0.39, 0.29) is 37.0 Å². The lowest BCUT2D eigenvalue weighted by Crippen LogP contribution is -2.32. The van der Waals surface area contributed by atoms with Gasteiger partial charge in [0.25, 0.3) is 17.7 Å². The molecule has 4 rings (SSSR count). The average molecular weight is 556 g/mol. The van der Waals surface area contributed by atoms with Gasteiger partial charge in [0.1, 0.15) is 10.7 Å². The molecule has 0 atom stereocenters. The van der Waals surface area contributed by atoms with Crippen LogP contribution in [-0.2, 0) is 9.59 Å². The van der Waals surface area contributed by atoms with Crippen molar-refractivity contribution in [3.05, 3.63) is 97.0 Å². The van der Waals surface area contributed by atoms with Crippen molar-refractivity contribution < 1.29 is 14.4 Å². The maximum absolute atomic E-state index is 13.0. The normalized spacial score (nSPS) is 13.5. The Morgan fingerprint density at radius 3 is 2.21 bits per heavy atom. The van der Waals surface area contributed by atoms with Crippen LogP contribution < -0.4 is 15.5 Å². The molecule has 6 nitrogen and oxygen atoms in total. The minimum atomic E-state index is -0.760. The van der Waals surface area contributed by atoms with Crippen molar-refractivity contribution in [1.82, 2.24) is 0 Å². The van der Waals surface area contributed by atoms with E-state index in [2.05, 4.69) is 10.6 Å². The predicted molar refractivity (Wildman–Crippen MR) is 136 cm³/mol. The molecule has 0 unspecified atom stereocenters. The number of nitrogens with zero attached hydrogens (tertiary/aromatic N) is 1. The van der Waals surface area contributed by atoms with Gasteiger partial charge in [-0.15, -0.1) is 0 Å². The van der Waals surface area contributed by atoms with Gasteiger partial charge < -0.3 is 10.6 Å². The lowest BCUT2D eigenvalue weighted by molar-refractivity contribution is -0.120. The summed E-state index contributed by atoms with van der Waals surface area (Å²) in [5.41, 5.74) is 0.932.